The van der Waals surface area contributed by atoms with E-state index in [1.54, 1.807) is 11.3 Å². The second-order valence-electron chi connectivity index (χ2n) is 4.16. The van der Waals surface area contributed by atoms with Crippen LogP contribution in [0.25, 0.3) is 0 Å². The molecule has 0 atom stereocenters. The monoisotopic (exact) mass is 339 g/mol. The summed E-state index contributed by atoms with van der Waals surface area (Å²) in [5.41, 5.74) is 1.06. The summed E-state index contributed by atoms with van der Waals surface area (Å²) < 4.78 is 1.14. The highest BCUT2D eigenvalue weighted by atomic mass is 79.9. The van der Waals surface area contributed by atoms with Crippen LogP contribution >= 0.6 is 27.3 Å². The molecule has 3 nitrogen and oxygen atoms in total. The van der Waals surface area contributed by atoms with Crippen LogP contribution in [0.5, 0.6) is 0 Å². The lowest BCUT2D eigenvalue weighted by Crippen LogP contribution is -2.22. The maximum absolute atomic E-state index is 4.50. The Kier molecular flexibility index (Phi) is 5.22. The number of halogens is 1. The molecule has 2 aromatic rings. The molecule has 0 saturated carbocycles. The fourth-order valence-corrected chi connectivity index (χ4v) is 3.25. The third kappa shape index (κ3) is 3.94. The highest BCUT2D eigenvalue weighted by Crippen LogP contribution is 2.21. The van der Waals surface area contributed by atoms with Gasteiger partial charge in [-0.1, -0.05) is 0 Å². The quantitative estimate of drug-likeness (QED) is 0.847. The molecule has 0 aromatic carbocycles. The predicted octanol–water partition coefficient (Wildman–Crippen LogP) is 4.36. The van der Waals surface area contributed by atoms with Gasteiger partial charge in [0.1, 0.15) is 5.82 Å². The van der Waals surface area contributed by atoms with Crippen molar-refractivity contribution in [1.82, 2.24) is 4.98 Å². The summed E-state index contributed by atoms with van der Waals surface area (Å²) in [7, 11) is 0. The van der Waals surface area contributed by atoms with Crippen LogP contribution in [0.3, 0.4) is 0 Å². The van der Waals surface area contributed by atoms with E-state index in [0.29, 0.717) is 0 Å². The summed E-state index contributed by atoms with van der Waals surface area (Å²) in [6.07, 6.45) is 1.90. The average molecular weight is 340 g/mol. The third-order valence-electron chi connectivity index (χ3n) is 2.92. The summed E-state index contributed by atoms with van der Waals surface area (Å²) in [5.74, 6) is 1.04. The zero-order valence-electron chi connectivity index (χ0n) is 11.2. The van der Waals surface area contributed by atoms with Crippen LogP contribution in [0.1, 0.15) is 18.7 Å². The van der Waals surface area contributed by atoms with Gasteiger partial charge in [-0.15, -0.1) is 11.3 Å². The second-order valence-corrected chi connectivity index (χ2v) is 6.07. The number of rotatable bonds is 6. The topological polar surface area (TPSA) is 28.2 Å². The number of nitrogens with zero attached hydrogens (tertiary/aromatic N) is 2. The number of pyridine rings is 1. The first-order valence-corrected chi connectivity index (χ1v) is 8.08. The summed E-state index contributed by atoms with van der Waals surface area (Å²) in [4.78, 5) is 8.04. The van der Waals surface area contributed by atoms with Crippen molar-refractivity contribution in [1.29, 1.82) is 0 Å². The Morgan fingerprint density at radius 3 is 2.63 bits per heavy atom. The van der Waals surface area contributed by atoms with Crippen molar-refractivity contribution in [2.75, 3.05) is 23.3 Å². The molecule has 0 saturated heterocycles. The molecular formula is C14H18BrN3S. The molecule has 5 heteroatoms. The molecule has 2 rings (SSSR count). The van der Waals surface area contributed by atoms with E-state index in [1.165, 1.54) is 4.88 Å². The van der Waals surface area contributed by atoms with E-state index in [2.05, 4.69) is 68.6 Å². The largest absolute Gasteiger partial charge is 0.379 e. The van der Waals surface area contributed by atoms with Gasteiger partial charge >= 0.3 is 0 Å². The molecule has 0 fully saturated rings. The van der Waals surface area contributed by atoms with Gasteiger partial charge in [-0.3, -0.25) is 0 Å². The van der Waals surface area contributed by atoms with Crippen LogP contribution in [0, 0.1) is 0 Å². The SMILES string of the molecule is CCN(CC)c1ccc(NCc2cc(Br)cs2)cn1. The average Bonchev–Trinajstić information content (AvgIpc) is 2.85. The number of nitrogens with one attached hydrogen (secondary N) is 1. The summed E-state index contributed by atoms with van der Waals surface area (Å²) >= 11 is 5.21. The van der Waals surface area contributed by atoms with E-state index in [-0.39, 0.29) is 0 Å². The Labute approximate surface area is 126 Å². The molecule has 2 heterocycles. The van der Waals surface area contributed by atoms with Crippen molar-refractivity contribution in [2.24, 2.45) is 0 Å². The molecule has 0 aliphatic carbocycles. The van der Waals surface area contributed by atoms with Crippen molar-refractivity contribution in [3.05, 3.63) is 39.1 Å². The number of thiophene rings is 1. The van der Waals surface area contributed by atoms with Crippen molar-refractivity contribution in [3.8, 4) is 0 Å². The molecular weight excluding hydrogens is 322 g/mol. The zero-order valence-corrected chi connectivity index (χ0v) is 13.6. The lowest BCUT2D eigenvalue weighted by Gasteiger charge is -2.19. The van der Waals surface area contributed by atoms with Gasteiger partial charge in [0.15, 0.2) is 0 Å². The lowest BCUT2D eigenvalue weighted by molar-refractivity contribution is 0.846. The molecule has 0 bridgehead atoms. The molecule has 1 N–H and O–H groups in total. The normalized spacial score (nSPS) is 10.5. The Balaban J connectivity index is 1.95. The maximum Gasteiger partial charge on any atom is 0.128 e. The molecule has 2 aromatic heterocycles. The molecule has 0 unspecified atom stereocenters. The van der Waals surface area contributed by atoms with E-state index < -0.39 is 0 Å². The molecule has 0 radical (unpaired) electrons. The zero-order chi connectivity index (χ0) is 13.7. The lowest BCUT2D eigenvalue weighted by atomic mass is 10.3. The minimum absolute atomic E-state index is 0.836. The van der Waals surface area contributed by atoms with Crippen molar-refractivity contribution in [2.45, 2.75) is 20.4 Å². The highest BCUT2D eigenvalue weighted by Gasteiger charge is 2.03. The van der Waals surface area contributed by atoms with E-state index in [0.717, 1.165) is 35.6 Å². The Morgan fingerprint density at radius 2 is 2.11 bits per heavy atom. The smallest absolute Gasteiger partial charge is 0.128 e. The van der Waals surface area contributed by atoms with Crippen LogP contribution in [0.4, 0.5) is 11.5 Å². The fraction of sp³-hybridized carbons (Fsp3) is 0.357. The fourth-order valence-electron chi connectivity index (χ4n) is 1.86. The van der Waals surface area contributed by atoms with Gasteiger partial charge < -0.3 is 10.2 Å². The van der Waals surface area contributed by atoms with Gasteiger partial charge in [0.25, 0.3) is 0 Å². The minimum atomic E-state index is 0.836. The first-order chi connectivity index (χ1) is 9.22. The Hall–Kier alpha value is -1.07. The number of hydrogen-bond donors (Lipinski definition) is 1. The number of anilines is 2. The van der Waals surface area contributed by atoms with Crippen LogP contribution < -0.4 is 10.2 Å². The summed E-state index contributed by atoms with van der Waals surface area (Å²) in [6.45, 7) is 7.10. The molecule has 0 amide bonds. The molecule has 102 valence electrons. The molecule has 19 heavy (non-hydrogen) atoms. The molecule has 0 aliphatic rings. The maximum atomic E-state index is 4.50. The first-order valence-electron chi connectivity index (χ1n) is 6.40. The van der Waals surface area contributed by atoms with Crippen LogP contribution in [-0.4, -0.2) is 18.1 Å². The van der Waals surface area contributed by atoms with Crippen LogP contribution in [0.15, 0.2) is 34.2 Å². The van der Waals surface area contributed by atoms with Gasteiger partial charge in [-0.2, -0.15) is 0 Å². The van der Waals surface area contributed by atoms with Gasteiger partial charge in [0, 0.05) is 34.4 Å². The van der Waals surface area contributed by atoms with Crippen molar-refractivity contribution < 1.29 is 0 Å². The first kappa shape index (κ1) is 14.3. The second kappa shape index (κ2) is 6.91. The third-order valence-corrected chi connectivity index (χ3v) is 4.62. The minimum Gasteiger partial charge on any atom is -0.379 e. The van der Waals surface area contributed by atoms with Crippen LogP contribution in [0.2, 0.25) is 0 Å². The predicted molar refractivity (Wildman–Crippen MR) is 87.1 cm³/mol. The highest BCUT2D eigenvalue weighted by molar-refractivity contribution is 9.10. The standard InChI is InChI=1S/C14H18BrN3S/c1-3-18(4-2)14-6-5-12(8-17-14)16-9-13-7-11(15)10-19-13/h5-8,10,16H,3-4,9H2,1-2H3. The summed E-state index contributed by atoms with van der Waals surface area (Å²) in [6, 6.07) is 6.29. The van der Waals surface area contributed by atoms with Gasteiger partial charge in [0.2, 0.25) is 0 Å². The van der Waals surface area contributed by atoms with Gasteiger partial charge in [0.05, 0.1) is 11.9 Å². The number of hydrogen-bond acceptors (Lipinski definition) is 4. The molecule has 0 aliphatic heterocycles. The van der Waals surface area contributed by atoms with E-state index >= 15 is 0 Å². The van der Waals surface area contributed by atoms with Crippen LogP contribution in [-0.2, 0) is 6.54 Å². The molecule has 0 spiro atoms. The van der Waals surface area contributed by atoms with Crippen molar-refractivity contribution >= 4 is 38.8 Å². The number of aromatic nitrogens is 1. The van der Waals surface area contributed by atoms with Crippen molar-refractivity contribution in [3.63, 3.8) is 0 Å². The van der Waals surface area contributed by atoms with E-state index in [1.807, 2.05) is 6.20 Å². The van der Waals surface area contributed by atoms with Gasteiger partial charge in [-0.05, 0) is 48.0 Å². The van der Waals surface area contributed by atoms with E-state index in [9.17, 15) is 0 Å². The Bertz CT molecular complexity index is 506. The van der Waals surface area contributed by atoms with E-state index in [4.69, 9.17) is 0 Å². The van der Waals surface area contributed by atoms with Gasteiger partial charge in [-0.25, -0.2) is 4.98 Å². The summed E-state index contributed by atoms with van der Waals surface area (Å²) in [5, 5.41) is 5.48. The Morgan fingerprint density at radius 1 is 1.32 bits per heavy atom.